The number of hydrogen-bond acceptors (Lipinski definition) is 5. The Hall–Kier alpha value is -2.57. The lowest BCUT2D eigenvalue weighted by Gasteiger charge is -2.26. The molecule has 1 amide bonds. The van der Waals surface area contributed by atoms with Crippen LogP contribution >= 0.6 is 23.1 Å². The molecule has 1 aliphatic carbocycles. The summed E-state index contributed by atoms with van der Waals surface area (Å²) in [6.45, 7) is 0. The van der Waals surface area contributed by atoms with Crippen LogP contribution < -0.4 is 5.32 Å². The predicted octanol–water partition coefficient (Wildman–Crippen LogP) is 5.99. The van der Waals surface area contributed by atoms with Crippen molar-refractivity contribution in [2.24, 2.45) is 0 Å². The van der Waals surface area contributed by atoms with Gasteiger partial charge in [0.1, 0.15) is 9.92 Å². The van der Waals surface area contributed by atoms with Gasteiger partial charge in [0, 0.05) is 28.3 Å². The van der Waals surface area contributed by atoms with E-state index in [4.69, 9.17) is 4.42 Å². The molecule has 2 aromatic heterocycles. The summed E-state index contributed by atoms with van der Waals surface area (Å²) in [5.74, 6) is 0.921. The first-order valence-electron chi connectivity index (χ1n) is 9.71. The van der Waals surface area contributed by atoms with Crippen LogP contribution in [0.4, 0.5) is 0 Å². The summed E-state index contributed by atoms with van der Waals surface area (Å²) in [7, 11) is 0. The average Bonchev–Trinajstić information content (AvgIpc) is 3.40. The molecule has 4 aromatic rings. The number of aryl methyl sites for hydroxylation is 1. The maximum atomic E-state index is 13.2. The van der Waals surface area contributed by atoms with Gasteiger partial charge in [0.25, 0.3) is 5.91 Å². The van der Waals surface area contributed by atoms with E-state index in [0.717, 1.165) is 40.1 Å². The van der Waals surface area contributed by atoms with E-state index >= 15 is 0 Å². The van der Waals surface area contributed by atoms with Crippen LogP contribution in [0.25, 0.3) is 11.0 Å². The molecule has 1 aliphatic rings. The van der Waals surface area contributed by atoms with E-state index in [1.54, 1.807) is 29.3 Å². The summed E-state index contributed by atoms with van der Waals surface area (Å²) in [6.07, 6.45) is 4.90. The van der Waals surface area contributed by atoms with Gasteiger partial charge in [0.2, 0.25) is 0 Å². The number of aromatic nitrogens is 1. The number of furan rings is 1. The summed E-state index contributed by atoms with van der Waals surface area (Å²) < 4.78 is 7.01. The van der Waals surface area contributed by atoms with E-state index in [1.165, 1.54) is 11.1 Å². The number of nitrogens with zero attached hydrogens (tertiary/aromatic N) is 1. The van der Waals surface area contributed by atoms with Gasteiger partial charge in [0.05, 0.1) is 6.04 Å². The van der Waals surface area contributed by atoms with E-state index < -0.39 is 0 Å². The molecule has 146 valence electrons. The van der Waals surface area contributed by atoms with Crippen molar-refractivity contribution in [3.8, 4) is 0 Å². The highest BCUT2D eigenvalue weighted by Crippen LogP contribution is 2.34. The highest BCUT2D eigenvalue weighted by Gasteiger charge is 2.26. The van der Waals surface area contributed by atoms with Crippen LogP contribution in [0.2, 0.25) is 0 Å². The number of fused-ring (bicyclic) bond motifs is 2. The Labute approximate surface area is 177 Å². The molecular formula is C23H20N2O2S2. The topological polar surface area (TPSA) is 55.1 Å². The summed E-state index contributed by atoms with van der Waals surface area (Å²) in [4.78, 5) is 17.6. The maximum Gasteiger partial charge on any atom is 0.287 e. The van der Waals surface area contributed by atoms with Crippen LogP contribution in [0.15, 0.2) is 68.9 Å². The minimum Gasteiger partial charge on any atom is -0.451 e. The van der Waals surface area contributed by atoms with Gasteiger partial charge < -0.3 is 9.73 Å². The van der Waals surface area contributed by atoms with E-state index in [0.29, 0.717) is 11.5 Å². The Bertz CT molecular complexity index is 1150. The lowest BCUT2D eigenvalue weighted by molar-refractivity contribution is 0.0906. The largest absolute Gasteiger partial charge is 0.451 e. The SMILES string of the molecule is O=C(N[C@@H]1CCCc2ccccc21)c1oc2ccccc2c1CSc1nccs1. The Kier molecular flexibility index (Phi) is 5.12. The van der Waals surface area contributed by atoms with Gasteiger partial charge in [0.15, 0.2) is 5.76 Å². The lowest BCUT2D eigenvalue weighted by atomic mass is 9.87. The normalized spacial score (nSPS) is 15.9. The molecular weight excluding hydrogens is 400 g/mol. The third-order valence-corrected chi connectivity index (χ3v) is 7.32. The fourth-order valence-electron chi connectivity index (χ4n) is 3.97. The molecule has 0 saturated carbocycles. The molecule has 2 heterocycles. The standard InChI is InChI=1S/C23H20N2O2S2/c26-22(25-19-10-5-7-15-6-1-2-8-16(15)19)21-18(14-29-23-24-12-13-28-23)17-9-3-4-11-20(17)27-21/h1-4,6,8-9,11-13,19H,5,7,10,14H2,(H,25,26)/t19-/m1/s1. The van der Waals surface area contributed by atoms with Crippen molar-refractivity contribution >= 4 is 40.0 Å². The van der Waals surface area contributed by atoms with Gasteiger partial charge in [-0.1, -0.05) is 54.2 Å². The smallest absolute Gasteiger partial charge is 0.287 e. The van der Waals surface area contributed by atoms with E-state index in [2.05, 4.69) is 28.5 Å². The zero-order chi connectivity index (χ0) is 19.6. The third kappa shape index (κ3) is 3.70. The van der Waals surface area contributed by atoms with Crippen LogP contribution in [0.3, 0.4) is 0 Å². The predicted molar refractivity (Wildman–Crippen MR) is 117 cm³/mol. The van der Waals surface area contributed by atoms with Crippen LogP contribution in [-0.2, 0) is 12.2 Å². The molecule has 0 aliphatic heterocycles. The van der Waals surface area contributed by atoms with E-state index in [1.807, 2.05) is 35.7 Å². The molecule has 1 N–H and O–H groups in total. The Morgan fingerprint density at radius 3 is 2.97 bits per heavy atom. The van der Waals surface area contributed by atoms with Crippen molar-refractivity contribution in [1.29, 1.82) is 0 Å². The number of carbonyl (C=O) groups is 1. The summed E-state index contributed by atoms with van der Waals surface area (Å²) in [5, 5.41) is 6.18. The Balaban J connectivity index is 1.45. The minimum absolute atomic E-state index is 0.0279. The van der Waals surface area contributed by atoms with Gasteiger partial charge in [-0.25, -0.2) is 4.98 Å². The number of nitrogens with one attached hydrogen (secondary N) is 1. The Morgan fingerprint density at radius 2 is 2.07 bits per heavy atom. The third-order valence-electron chi connectivity index (χ3n) is 5.33. The van der Waals surface area contributed by atoms with Crippen molar-refractivity contribution in [3.05, 3.63) is 82.6 Å². The quantitative estimate of drug-likeness (QED) is 0.403. The molecule has 0 unspecified atom stereocenters. The van der Waals surface area contributed by atoms with Crippen LogP contribution in [0.5, 0.6) is 0 Å². The minimum atomic E-state index is -0.141. The first-order chi connectivity index (χ1) is 14.3. The number of carbonyl (C=O) groups excluding carboxylic acids is 1. The molecule has 2 aromatic carbocycles. The maximum absolute atomic E-state index is 13.2. The number of benzene rings is 2. The van der Waals surface area contributed by atoms with Gasteiger partial charge in [-0.15, -0.1) is 11.3 Å². The molecule has 4 nitrogen and oxygen atoms in total. The van der Waals surface area contributed by atoms with Crippen LogP contribution in [0.1, 0.15) is 46.1 Å². The number of thiazole rings is 1. The molecule has 29 heavy (non-hydrogen) atoms. The van der Waals surface area contributed by atoms with Crippen molar-refractivity contribution in [1.82, 2.24) is 10.3 Å². The van der Waals surface area contributed by atoms with Crippen molar-refractivity contribution < 1.29 is 9.21 Å². The fourth-order valence-corrected chi connectivity index (χ4v) is 5.63. The van der Waals surface area contributed by atoms with Crippen molar-refractivity contribution in [2.75, 3.05) is 0 Å². The molecule has 0 fully saturated rings. The second kappa shape index (κ2) is 8.05. The summed E-state index contributed by atoms with van der Waals surface area (Å²) in [6, 6.07) is 16.3. The highest BCUT2D eigenvalue weighted by atomic mass is 32.2. The Morgan fingerprint density at radius 1 is 1.21 bits per heavy atom. The number of hydrogen-bond donors (Lipinski definition) is 1. The first-order valence-corrected chi connectivity index (χ1v) is 11.6. The highest BCUT2D eigenvalue weighted by molar-refractivity contribution is 8.00. The number of thioether (sulfide) groups is 1. The second-order valence-corrected chi connectivity index (χ2v) is 9.23. The fraction of sp³-hybridized carbons (Fsp3) is 0.217. The summed E-state index contributed by atoms with van der Waals surface area (Å²) in [5.41, 5.74) is 4.23. The monoisotopic (exact) mass is 420 g/mol. The molecule has 5 rings (SSSR count). The van der Waals surface area contributed by atoms with E-state index in [9.17, 15) is 4.79 Å². The summed E-state index contributed by atoms with van der Waals surface area (Å²) >= 11 is 3.24. The van der Waals surface area contributed by atoms with Gasteiger partial charge in [-0.3, -0.25) is 4.79 Å². The number of rotatable bonds is 5. The van der Waals surface area contributed by atoms with Crippen molar-refractivity contribution in [2.45, 2.75) is 35.4 Å². The molecule has 0 radical (unpaired) electrons. The van der Waals surface area contributed by atoms with Gasteiger partial charge >= 0.3 is 0 Å². The first kappa shape index (κ1) is 18.5. The molecule has 1 atom stereocenters. The zero-order valence-electron chi connectivity index (χ0n) is 15.8. The van der Waals surface area contributed by atoms with Gasteiger partial charge in [-0.2, -0.15) is 0 Å². The van der Waals surface area contributed by atoms with Crippen molar-refractivity contribution in [3.63, 3.8) is 0 Å². The number of para-hydroxylation sites is 1. The van der Waals surface area contributed by atoms with Crippen LogP contribution in [-0.4, -0.2) is 10.9 Å². The second-order valence-electron chi connectivity index (χ2n) is 7.11. The number of amides is 1. The lowest BCUT2D eigenvalue weighted by Crippen LogP contribution is -2.31. The molecule has 6 heteroatoms. The average molecular weight is 421 g/mol. The molecule has 0 saturated heterocycles. The van der Waals surface area contributed by atoms with E-state index in [-0.39, 0.29) is 11.9 Å². The van der Waals surface area contributed by atoms with Gasteiger partial charge in [-0.05, 0) is 36.5 Å². The zero-order valence-corrected chi connectivity index (χ0v) is 17.4. The molecule has 0 spiro atoms. The molecule has 0 bridgehead atoms. The van der Waals surface area contributed by atoms with Crippen LogP contribution in [0, 0.1) is 0 Å².